The van der Waals surface area contributed by atoms with E-state index in [1.165, 1.54) is 0 Å². The van der Waals surface area contributed by atoms with Gasteiger partial charge < -0.3 is 9.62 Å². The van der Waals surface area contributed by atoms with Crippen LogP contribution in [0.5, 0.6) is 0 Å². The first-order chi connectivity index (χ1) is 11.7. The van der Waals surface area contributed by atoms with Crippen molar-refractivity contribution >= 4 is 38.9 Å². The Morgan fingerprint density at radius 1 is 1.17 bits per heavy atom. The molecule has 4 nitrogen and oxygen atoms in total. The van der Waals surface area contributed by atoms with Gasteiger partial charge >= 0.3 is 0 Å². The van der Waals surface area contributed by atoms with Crippen molar-refractivity contribution in [1.29, 1.82) is 0 Å². The number of hydrogen-bond donors (Lipinski definition) is 1. The number of aromatic nitrogens is 1. The number of fused-ring (bicyclic) bond motifs is 2. The van der Waals surface area contributed by atoms with E-state index in [0.717, 1.165) is 16.0 Å². The third kappa shape index (κ3) is 2.55. The van der Waals surface area contributed by atoms with Gasteiger partial charge in [0.05, 0.1) is 0 Å². The summed E-state index contributed by atoms with van der Waals surface area (Å²) in [4.78, 5) is 4.66. The van der Waals surface area contributed by atoms with Crippen LogP contribution in [-0.2, 0) is 0 Å². The molecule has 0 radical (unpaired) electrons. The summed E-state index contributed by atoms with van der Waals surface area (Å²) in [5.41, 5.74) is 1.40. The maximum atomic E-state index is 9.41. The lowest BCUT2D eigenvalue weighted by molar-refractivity contribution is 0.300. The van der Waals surface area contributed by atoms with E-state index in [0.29, 0.717) is 22.2 Å². The lowest BCUT2D eigenvalue weighted by Crippen LogP contribution is -2.43. The SMILES string of the molecule is CC1C=c2c(oc(-c3cc4ccccc4cn3)c/c2=N\O)=CC1Br. The third-order valence-electron chi connectivity index (χ3n) is 4.26. The summed E-state index contributed by atoms with van der Waals surface area (Å²) < 4.78 is 6.05. The number of hydrogen-bond acceptors (Lipinski definition) is 4. The van der Waals surface area contributed by atoms with Crippen LogP contribution in [0.25, 0.3) is 34.4 Å². The largest absolute Gasteiger partial charge is 0.455 e. The van der Waals surface area contributed by atoms with Crippen LogP contribution in [0, 0.1) is 5.92 Å². The molecule has 0 fully saturated rings. The Morgan fingerprint density at radius 2 is 1.96 bits per heavy atom. The molecule has 0 amide bonds. The third-order valence-corrected chi connectivity index (χ3v) is 5.36. The summed E-state index contributed by atoms with van der Waals surface area (Å²) in [5.74, 6) is 0.865. The van der Waals surface area contributed by atoms with Crippen molar-refractivity contribution < 1.29 is 9.62 Å². The van der Waals surface area contributed by atoms with Gasteiger partial charge in [0.25, 0.3) is 0 Å². The predicted molar refractivity (Wildman–Crippen MR) is 96.9 cm³/mol. The summed E-state index contributed by atoms with van der Waals surface area (Å²) in [6, 6.07) is 11.7. The summed E-state index contributed by atoms with van der Waals surface area (Å²) in [6.07, 6.45) is 5.87. The smallest absolute Gasteiger partial charge is 0.155 e. The molecule has 2 atom stereocenters. The van der Waals surface area contributed by atoms with Crippen LogP contribution in [0.1, 0.15) is 6.92 Å². The molecule has 1 aliphatic rings. The van der Waals surface area contributed by atoms with Gasteiger partial charge in [0.15, 0.2) is 5.76 Å². The molecule has 1 aliphatic carbocycles. The molecule has 1 N–H and O–H groups in total. The van der Waals surface area contributed by atoms with Crippen molar-refractivity contribution in [3.63, 3.8) is 0 Å². The fourth-order valence-corrected chi connectivity index (χ4v) is 3.29. The molecule has 0 spiro atoms. The van der Waals surface area contributed by atoms with Crippen molar-refractivity contribution in [2.45, 2.75) is 11.8 Å². The van der Waals surface area contributed by atoms with E-state index < -0.39 is 0 Å². The molecule has 5 heteroatoms. The topological polar surface area (TPSA) is 58.6 Å². The number of pyridine rings is 1. The first kappa shape index (κ1) is 15.1. The lowest BCUT2D eigenvalue weighted by Gasteiger charge is -2.14. The second-order valence-corrected chi connectivity index (χ2v) is 6.98. The minimum atomic E-state index is 0.181. The molecule has 2 aromatic heterocycles. The van der Waals surface area contributed by atoms with Crippen LogP contribution in [-0.4, -0.2) is 15.0 Å². The van der Waals surface area contributed by atoms with E-state index in [4.69, 9.17) is 4.42 Å². The molecular formula is C19H15BrN2O2. The van der Waals surface area contributed by atoms with Gasteiger partial charge in [0, 0.05) is 27.7 Å². The second kappa shape index (κ2) is 5.91. The van der Waals surface area contributed by atoms with Gasteiger partial charge in [0.2, 0.25) is 0 Å². The van der Waals surface area contributed by atoms with Gasteiger partial charge in [0.1, 0.15) is 16.5 Å². The molecule has 0 saturated carbocycles. The molecule has 2 unspecified atom stereocenters. The molecule has 0 aliphatic heterocycles. The summed E-state index contributed by atoms with van der Waals surface area (Å²) in [6.45, 7) is 2.10. The predicted octanol–water partition coefficient (Wildman–Crippen LogP) is 2.76. The highest BCUT2D eigenvalue weighted by Gasteiger charge is 2.16. The van der Waals surface area contributed by atoms with Crippen molar-refractivity contribution in [2.24, 2.45) is 11.1 Å². The van der Waals surface area contributed by atoms with Gasteiger partial charge in [-0.1, -0.05) is 58.4 Å². The van der Waals surface area contributed by atoms with Crippen LogP contribution in [0.3, 0.4) is 0 Å². The highest BCUT2D eigenvalue weighted by atomic mass is 79.9. The first-order valence-electron chi connectivity index (χ1n) is 7.71. The van der Waals surface area contributed by atoms with Gasteiger partial charge in [-0.2, -0.15) is 0 Å². The highest BCUT2D eigenvalue weighted by molar-refractivity contribution is 9.09. The Kier molecular flexibility index (Phi) is 3.73. The number of benzene rings is 1. The molecule has 0 saturated heterocycles. The number of alkyl halides is 1. The Morgan fingerprint density at radius 3 is 2.75 bits per heavy atom. The Balaban J connectivity index is 1.98. The normalized spacial score (nSPS) is 20.3. The van der Waals surface area contributed by atoms with E-state index >= 15 is 0 Å². The molecule has 120 valence electrons. The first-order valence-corrected chi connectivity index (χ1v) is 8.62. The molecule has 4 rings (SSSR count). The quantitative estimate of drug-likeness (QED) is 0.400. The monoisotopic (exact) mass is 382 g/mol. The van der Waals surface area contributed by atoms with Gasteiger partial charge in [-0.05, 0) is 23.4 Å². The summed E-state index contributed by atoms with van der Waals surface area (Å²) in [7, 11) is 0. The summed E-state index contributed by atoms with van der Waals surface area (Å²) in [5, 5.41) is 16.3. The van der Waals surface area contributed by atoms with Crippen molar-refractivity contribution in [3.8, 4) is 11.5 Å². The van der Waals surface area contributed by atoms with E-state index in [1.54, 1.807) is 6.07 Å². The molecular weight excluding hydrogens is 368 g/mol. The second-order valence-electron chi connectivity index (χ2n) is 5.93. The number of nitrogens with zero attached hydrogens (tertiary/aromatic N) is 2. The van der Waals surface area contributed by atoms with Gasteiger partial charge in [-0.25, -0.2) is 0 Å². The molecule has 3 aromatic rings. The molecule has 2 heterocycles. The van der Waals surface area contributed by atoms with E-state index in [-0.39, 0.29) is 10.7 Å². The lowest BCUT2D eigenvalue weighted by atomic mass is 10.0. The molecule has 24 heavy (non-hydrogen) atoms. The van der Waals surface area contributed by atoms with Crippen LogP contribution in [0.2, 0.25) is 0 Å². The number of halogens is 1. The van der Waals surface area contributed by atoms with Crippen molar-refractivity contribution in [2.75, 3.05) is 0 Å². The number of rotatable bonds is 1. The Labute approximate surface area is 146 Å². The van der Waals surface area contributed by atoms with E-state index in [9.17, 15) is 5.21 Å². The van der Waals surface area contributed by atoms with Crippen molar-refractivity contribution in [3.05, 3.63) is 58.6 Å². The van der Waals surface area contributed by atoms with Crippen LogP contribution < -0.4 is 16.0 Å². The fraction of sp³-hybridized carbons (Fsp3) is 0.158. The van der Waals surface area contributed by atoms with Crippen LogP contribution >= 0.6 is 15.9 Å². The zero-order valence-corrected chi connectivity index (χ0v) is 14.6. The minimum Gasteiger partial charge on any atom is -0.455 e. The standard InChI is InChI=1S/C19H15BrN2O2/c1-11-6-14-16(22-23)9-19(24-18(14)8-15(11)20)17-7-12-4-2-3-5-13(12)10-21-17/h2-11,15,23H,1H3/b22-16+. The average Bonchev–Trinajstić information content (AvgIpc) is 2.61. The highest BCUT2D eigenvalue weighted by Crippen LogP contribution is 2.21. The zero-order chi connectivity index (χ0) is 16.7. The fourth-order valence-electron chi connectivity index (χ4n) is 2.90. The molecule has 0 bridgehead atoms. The minimum absolute atomic E-state index is 0.181. The van der Waals surface area contributed by atoms with E-state index in [1.807, 2.05) is 48.7 Å². The van der Waals surface area contributed by atoms with Crippen LogP contribution in [0.15, 0.2) is 52.2 Å². The van der Waals surface area contributed by atoms with Gasteiger partial charge in [-0.3, -0.25) is 4.98 Å². The van der Waals surface area contributed by atoms with E-state index in [2.05, 4.69) is 33.0 Å². The van der Waals surface area contributed by atoms with Crippen LogP contribution in [0.4, 0.5) is 0 Å². The van der Waals surface area contributed by atoms with Gasteiger partial charge in [-0.15, -0.1) is 0 Å². The average molecular weight is 383 g/mol. The maximum absolute atomic E-state index is 9.41. The Hall–Kier alpha value is -2.40. The molecule has 1 aromatic carbocycles. The zero-order valence-electron chi connectivity index (χ0n) is 13.0. The Bertz CT molecular complexity index is 1120. The maximum Gasteiger partial charge on any atom is 0.155 e. The van der Waals surface area contributed by atoms with Crippen molar-refractivity contribution in [1.82, 2.24) is 4.98 Å². The summed E-state index contributed by atoms with van der Waals surface area (Å²) >= 11 is 3.63.